The van der Waals surface area contributed by atoms with Gasteiger partial charge in [-0.05, 0) is 141 Å². The van der Waals surface area contributed by atoms with E-state index in [2.05, 4.69) is 220 Å². The third-order valence-corrected chi connectivity index (χ3v) is 14.2. The van der Waals surface area contributed by atoms with Crippen LogP contribution in [0.2, 0.25) is 0 Å². The largest absolute Gasteiger partial charge is 0.468 e. The fourth-order valence-corrected chi connectivity index (χ4v) is 10.7. The van der Waals surface area contributed by atoms with Crippen molar-refractivity contribution < 1.29 is 8.83 Å². The van der Waals surface area contributed by atoms with E-state index in [-0.39, 0.29) is 23.0 Å². The molecular weight excluding hydrogens is 803 g/mol. The van der Waals surface area contributed by atoms with E-state index in [1.807, 2.05) is 12.3 Å². The molecule has 0 saturated heterocycles. The first-order valence-corrected chi connectivity index (χ1v) is 23.6. The van der Waals surface area contributed by atoms with Crippen LogP contribution in [-0.4, -0.2) is 6.71 Å². The van der Waals surface area contributed by atoms with Crippen molar-refractivity contribution in [3.8, 4) is 22.3 Å². The fraction of sp³-hybridized carbons (Fsp3) is 0.246. The monoisotopic (exact) mass is 862 g/mol. The lowest BCUT2D eigenvalue weighted by molar-refractivity contribution is 0.589. The molecule has 4 heterocycles. The number of nitrogens with zero attached hydrogens (tertiary/aromatic N) is 2. The molecule has 7 aromatic carbocycles. The zero-order valence-electron chi connectivity index (χ0n) is 40.6. The van der Waals surface area contributed by atoms with Crippen LogP contribution in [0.5, 0.6) is 0 Å². The molecule has 0 spiro atoms. The summed E-state index contributed by atoms with van der Waals surface area (Å²) in [5.74, 6) is 0. The Hall–Kier alpha value is -6.72. The lowest BCUT2D eigenvalue weighted by Crippen LogP contribution is -2.61. The maximum Gasteiger partial charge on any atom is 0.297 e. The maximum absolute atomic E-state index is 7.38. The van der Waals surface area contributed by atoms with Gasteiger partial charge in [0.1, 0.15) is 11.2 Å². The topological polar surface area (TPSA) is 32.8 Å². The zero-order valence-corrected chi connectivity index (χ0v) is 40.6. The highest BCUT2D eigenvalue weighted by molar-refractivity contribution is 7.00. The second-order valence-electron chi connectivity index (χ2n) is 22.1. The van der Waals surface area contributed by atoms with Gasteiger partial charge >= 0.3 is 0 Å². The molecule has 0 N–H and O–H groups in total. The van der Waals surface area contributed by atoms with Gasteiger partial charge in [-0.3, -0.25) is 0 Å². The summed E-state index contributed by atoms with van der Waals surface area (Å²) in [6.45, 7) is 27.4. The fourth-order valence-electron chi connectivity index (χ4n) is 10.7. The Morgan fingerprint density at radius 3 is 1.79 bits per heavy atom. The van der Waals surface area contributed by atoms with Crippen molar-refractivity contribution in [1.82, 2.24) is 0 Å². The average Bonchev–Trinajstić information content (AvgIpc) is 3.88. The predicted molar refractivity (Wildman–Crippen MR) is 281 cm³/mol. The maximum atomic E-state index is 7.38. The van der Waals surface area contributed by atoms with Crippen molar-refractivity contribution in [2.24, 2.45) is 0 Å². The Kier molecular flexibility index (Phi) is 9.31. The minimum atomic E-state index is -0.183. The first-order valence-electron chi connectivity index (χ1n) is 23.6. The van der Waals surface area contributed by atoms with Crippen LogP contribution in [0.3, 0.4) is 0 Å². The Morgan fingerprint density at radius 1 is 0.455 bits per heavy atom. The molecule has 9 aromatic rings. The Bertz CT molecular complexity index is 3400. The van der Waals surface area contributed by atoms with Gasteiger partial charge in [-0.1, -0.05) is 147 Å². The molecule has 0 bridgehead atoms. The van der Waals surface area contributed by atoms with Gasteiger partial charge in [0.2, 0.25) is 0 Å². The molecule has 0 unspecified atom stereocenters. The van der Waals surface area contributed by atoms with Crippen LogP contribution in [-0.2, 0) is 16.2 Å². The van der Waals surface area contributed by atoms with Crippen LogP contribution >= 0.6 is 0 Å². The third-order valence-electron chi connectivity index (χ3n) is 14.2. The third kappa shape index (κ3) is 6.56. The first kappa shape index (κ1) is 42.0. The molecule has 2 aliphatic heterocycles. The smallest absolute Gasteiger partial charge is 0.297 e. The van der Waals surface area contributed by atoms with Crippen LogP contribution in [0, 0.1) is 20.8 Å². The van der Waals surface area contributed by atoms with E-state index in [9.17, 15) is 0 Å². The van der Waals surface area contributed by atoms with Gasteiger partial charge in [-0.2, -0.15) is 0 Å². The van der Waals surface area contributed by atoms with Crippen molar-refractivity contribution in [3.63, 3.8) is 0 Å². The quantitative estimate of drug-likeness (QED) is 0.165. The molecule has 0 amide bonds. The second kappa shape index (κ2) is 14.6. The number of rotatable bonds is 4. The van der Waals surface area contributed by atoms with E-state index >= 15 is 0 Å². The first-order chi connectivity index (χ1) is 31.4. The summed E-state index contributed by atoms with van der Waals surface area (Å²) in [7, 11) is 0. The van der Waals surface area contributed by atoms with Crippen LogP contribution < -0.4 is 26.4 Å². The number of para-hydroxylation sites is 1. The molecule has 2 aromatic heterocycles. The lowest BCUT2D eigenvalue weighted by Gasteiger charge is -2.44. The van der Waals surface area contributed by atoms with E-state index in [4.69, 9.17) is 8.83 Å². The highest BCUT2D eigenvalue weighted by Gasteiger charge is 2.48. The Morgan fingerprint density at radius 2 is 1.09 bits per heavy atom. The molecule has 0 saturated carbocycles. The highest BCUT2D eigenvalue weighted by Crippen LogP contribution is 2.51. The van der Waals surface area contributed by atoms with Crippen LogP contribution in [0.15, 0.2) is 149 Å². The minimum Gasteiger partial charge on any atom is -0.468 e. The van der Waals surface area contributed by atoms with Gasteiger partial charge in [0.25, 0.3) is 6.71 Å². The lowest BCUT2D eigenvalue weighted by atomic mass is 9.35. The minimum absolute atomic E-state index is 0.00343. The summed E-state index contributed by atoms with van der Waals surface area (Å²) in [4.78, 5) is 5.13. The predicted octanol–water partition coefficient (Wildman–Crippen LogP) is 15.4. The SMILES string of the molecule is Cc1cc2c3c(c1)N(c1c(C)cc(C(C)(C)C)cc1C)c1c(oc4ccc(C(C)(C)C)cc14)B3c1ccc(-c3coc4ccccc34)cc1N2c1ccc(C(C)(C)C)cc1-c1ccccc1. The number of benzene rings is 7. The van der Waals surface area contributed by atoms with Gasteiger partial charge in [-0.15, -0.1) is 0 Å². The van der Waals surface area contributed by atoms with Gasteiger partial charge in [-0.25, -0.2) is 0 Å². The molecule has 4 nitrogen and oxygen atoms in total. The van der Waals surface area contributed by atoms with Gasteiger partial charge in [0, 0.05) is 39.0 Å². The zero-order chi connectivity index (χ0) is 46.2. The van der Waals surface area contributed by atoms with Gasteiger partial charge in [0.05, 0.1) is 29.0 Å². The number of anilines is 6. The van der Waals surface area contributed by atoms with E-state index in [0.717, 1.165) is 61.5 Å². The molecule has 0 atom stereocenters. The summed E-state index contributed by atoms with van der Waals surface area (Å²) in [6.07, 6.45) is 1.92. The standard InChI is InChI=1S/C61H59BN2O2/c1-36-28-51-55-52(29-36)64(56-37(2)30-43(31-38(56)3)61(10,11)12)57-46-34-42(60(7,8)9)24-27-54(46)66-58(57)62(55)48-25-22-40(47-35-65-53-21-17-16-20-44(47)53)32-50(48)63(51)49-26-23-41(59(4,5)6)33-45(49)39-18-14-13-15-19-39/h13-35H,1-12H3. The number of hydrogen-bond acceptors (Lipinski definition) is 4. The number of aryl methyl sites for hydroxylation is 3. The van der Waals surface area contributed by atoms with E-state index in [1.165, 1.54) is 66.8 Å². The number of fused-ring (bicyclic) bond motifs is 7. The average molecular weight is 863 g/mol. The Labute approximate surface area is 391 Å². The van der Waals surface area contributed by atoms with Crippen LogP contribution in [0.25, 0.3) is 44.2 Å². The molecule has 5 heteroatoms. The normalized spacial score (nSPS) is 13.7. The molecule has 2 aliphatic rings. The molecule has 0 radical (unpaired) electrons. The van der Waals surface area contributed by atoms with Crippen molar-refractivity contribution in [2.75, 3.05) is 9.80 Å². The summed E-state index contributed by atoms with van der Waals surface area (Å²) in [6, 6.07) is 49.9. The molecular formula is C61H59BN2O2. The summed E-state index contributed by atoms with van der Waals surface area (Å²) < 4.78 is 13.6. The molecule has 66 heavy (non-hydrogen) atoms. The van der Waals surface area contributed by atoms with E-state index in [0.29, 0.717) is 0 Å². The molecule has 11 rings (SSSR count). The van der Waals surface area contributed by atoms with Crippen molar-refractivity contribution in [3.05, 3.63) is 173 Å². The van der Waals surface area contributed by atoms with E-state index < -0.39 is 0 Å². The van der Waals surface area contributed by atoms with E-state index in [1.54, 1.807) is 0 Å². The summed E-state index contributed by atoms with van der Waals surface area (Å²) >= 11 is 0. The van der Waals surface area contributed by atoms with Gasteiger partial charge in [0.15, 0.2) is 0 Å². The molecule has 0 aliphatic carbocycles. The van der Waals surface area contributed by atoms with Crippen molar-refractivity contribution >= 4 is 79.4 Å². The van der Waals surface area contributed by atoms with Crippen molar-refractivity contribution in [2.45, 2.75) is 99.3 Å². The number of hydrogen-bond donors (Lipinski definition) is 0. The summed E-state index contributed by atoms with van der Waals surface area (Å²) in [5.41, 5.74) is 24.2. The number of furan rings is 2. The second-order valence-corrected chi connectivity index (χ2v) is 22.1. The molecule has 0 fully saturated rings. The highest BCUT2D eigenvalue weighted by atomic mass is 16.3. The Balaban J connectivity index is 1.27. The van der Waals surface area contributed by atoms with Gasteiger partial charge < -0.3 is 18.6 Å². The van der Waals surface area contributed by atoms with Crippen molar-refractivity contribution in [1.29, 1.82) is 0 Å². The van der Waals surface area contributed by atoms with Crippen LogP contribution in [0.4, 0.5) is 34.1 Å². The molecule has 328 valence electrons. The summed E-state index contributed by atoms with van der Waals surface area (Å²) in [5, 5.41) is 2.24. The van der Waals surface area contributed by atoms with Crippen LogP contribution in [0.1, 0.15) is 95.7 Å².